The zero-order valence-electron chi connectivity index (χ0n) is 30.0. The molecule has 1 unspecified atom stereocenters. The van der Waals surface area contributed by atoms with Crippen LogP contribution in [0.2, 0.25) is 0 Å². The molecule has 3 aliphatic rings. The third kappa shape index (κ3) is 8.20. The Kier molecular flexibility index (Phi) is 10.9. The maximum Gasteiger partial charge on any atom is 0.410 e. The fraction of sp³-hybridized carbons (Fsp3) is 0.611. The van der Waals surface area contributed by atoms with Crippen LogP contribution in [0, 0.1) is 6.92 Å². The number of amides is 1. The van der Waals surface area contributed by atoms with Crippen molar-refractivity contribution in [1.82, 2.24) is 29.3 Å². The van der Waals surface area contributed by atoms with E-state index in [1.165, 1.54) is 11.8 Å². The highest BCUT2D eigenvalue weighted by atomic mass is 19.1. The summed E-state index contributed by atoms with van der Waals surface area (Å²) in [5.74, 6) is 0.638. The van der Waals surface area contributed by atoms with Gasteiger partial charge in [0.25, 0.3) is 5.56 Å². The molecule has 1 amide bonds. The van der Waals surface area contributed by atoms with Crippen molar-refractivity contribution in [2.45, 2.75) is 97.9 Å². The van der Waals surface area contributed by atoms with Gasteiger partial charge in [0.15, 0.2) is 5.78 Å². The Morgan fingerprint density at radius 3 is 2.35 bits per heavy atom. The molecule has 3 aromatic rings. The number of carbonyl (C=O) groups excluding carboxylic acids is 2. The number of Topliss-reactive ketones (excluding diaryl/α,β-unsaturated/α-hetero) is 1. The van der Waals surface area contributed by atoms with Crippen LogP contribution in [-0.2, 0) is 4.74 Å². The van der Waals surface area contributed by atoms with Gasteiger partial charge in [0.1, 0.15) is 22.7 Å². The Labute approximate surface area is 288 Å². The number of nitrogens with zero attached hydrogens (tertiary/aromatic N) is 7. The third-order valence-electron chi connectivity index (χ3n) is 9.44. The SMILES string of the molecule is CC.CC(=O)c1c(C)c2cnc(Nc3ccc(N4CCN(CC5(F)CCN(C(=O)OC(C)(C)C)C5)CC4)cn3)nc2n(C2CCCC2)c1=O. The van der Waals surface area contributed by atoms with Crippen LogP contribution >= 0.6 is 0 Å². The molecule has 3 fully saturated rings. The number of carbonyl (C=O) groups is 2. The number of piperazine rings is 1. The molecule has 13 heteroatoms. The average molecular weight is 679 g/mol. The van der Waals surface area contributed by atoms with Gasteiger partial charge < -0.3 is 19.9 Å². The van der Waals surface area contributed by atoms with E-state index in [1.807, 2.05) is 46.8 Å². The molecule has 0 bridgehead atoms. The molecule has 1 saturated carbocycles. The topological polar surface area (TPSA) is 126 Å². The lowest BCUT2D eigenvalue weighted by atomic mass is 10.0. The van der Waals surface area contributed by atoms with Crippen molar-refractivity contribution in [3.8, 4) is 0 Å². The Balaban J connectivity index is 0.00000230. The first-order valence-electron chi connectivity index (χ1n) is 17.6. The molecule has 12 nitrogen and oxygen atoms in total. The molecule has 3 aromatic heterocycles. The van der Waals surface area contributed by atoms with Gasteiger partial charge in [0, 0.05) is 63.3 Å². The molecule has 49 heavy (non-hydrogen) atoms. The molecule has 5 heterocycles. The molecule has 0 aromatic carbocycles. The van der Waals surface area contributed by atoms with E-state index in [4.69, 9.17) is 9.72 Å². The number of alkyl halides is 1. The van der Waals surface area contributed by atoms with Gasteiger partial charge in [-0.3, -0.25) is 19.1 Å². The fourth-order valence-corrected chi connectivity index (χ4v) is 7.08. The van der Waals surface area contributed by atoms with E-state index >= 15 is 4.39 Å². The van der Waals surface area contributed by atoms with Crippen molar-refractivity contribution in [1.29, 1.82) is 0 Å². The minimum atomic E-state index is -1.45. The molecule has 2 saturated heterocycles. The molecular weight excluding hydrogens is 627 g/mol. The highest BCUT2D eigenvalue weighted by Gasteiger charge is 2.43. The van der Waals surface area contributed by atoms with Gasteiger partial charge in [0.05, 0.1) is 24.0 Å². The molecule has 1 N–H and O–H groups in total. The van der Waals surface area contributed by atoms with Crippen molar-refractivity contribution in [3.63, 3.8) is 0 Å². The molecule has 266 valence electrons. The normalized spacial score (nSPS) is 20.3. The summed E-state index contributed by atoms with van der Waals surface area (Å²) in [7, 11) is 0. The predicted octanol–water partition coefficient (Wildman–Crippen LogP) is 6.05. The van der Waals surface area contributed by atoms with Gasteiger partial charge >= 0.3 is 6.09 Å². The second-order valence-corrected chi connectivity index (χ2v) is 14.2. The van der Waals surface area contributed by atoms with Crippen molar-refractivity contribution < 1.29 is 18.7 Å². The van der Waals surface area contributed by atoms with Crippen LogP contribution in [0.4, 0.5) is 26.6 Å². The summed E-state index contributed by atoms with van der Waals surface area (Å²) < 4.78 is 22.8. The maximum atomic E-state index is 15.7. The standard InChI is InChI=1S/C34H45FN8O4.C2H6/c1-22-26-19-37-31(39-29(26)43(24-8-6-7-9-24)30(45)28(22)23(2)44)38-27-11-10-25(18-36-27)41-16-14-40(15-17-41)20-34(35)12-13-42(21-34)32(46)47-33(3,4)5;1-2/h10-11,18-19,24H,6-9,12-17,20-21H2,1-5H3,(H,36,37,38,39);1-2H3. The quantitative estimate of drug-likeness (QED) is 0.295. The van der Waals surface area contributed by atoms with Crippen LogP contribution in [-0.4, -0.2) is 98.3 Å². The van der Waals surface area contributed by atoms with E-state index in [2.05, 4.69) is 25.1 Å². The van der Waals surface area contributed by atoms with Gasteiger partial charge in [-0.1, -0.05) is 26.7 Å². The summed E-state index contributed by atoms with van der Waals surface area (Å²) in [6.45, 7) is 16.2. The van der Waals surface area contributed by atoms with E-state index in [0.29, 0.717) is 54.4 Å². The number of rotatable bonds is 7. The smallest absolute Gasteiger partial charge is 0.410 e. The van der Waals surface area contributed by atoms with Gasteiger partial charge in [-0.05, 0) is 65.2 Å². The molecule has 1 aliphatic carbocycles. The van der Waals surface area contributed by atoms with Crippen LogP contribution in [0.25, 0.3) is 11.0 Å². The van der Waals surface area contributed by atoms with Crippen LogP contribution in [0.5, 0.6) is 0 Å². The summed E-state index contributed by atoms with van der Waals surface area (Å²) in [4.78, 5) is 58.0. The lowest BCUT2D eigenvalue weighted by Gasteiger charge is -2.38. The largest absolute Gasteiger partial charge is 0.444 e. The van der Waals surface area contributed by atoms with Gasteiger partial charge in [-0.2, -0.15) is 4.98 Å². The number of aromatic nitrogens is 4. The molecule has 6 rings (SSSR count). The van der Waals surface area contributed by atoms with Crippen molar-refractivity contribution in [2.75, 3.05) is 56.0 Å². The number of hydrogen-bond donors (Lipinski definition) is 1. The molecular formula is C36H51FN8O4. The average Bonchev–Trinajstić information content (AvgIpc) is 3.72. The second-order valence-electron chi connectivity index (χ2n) is 14.2. The molecule has 2 aliphatic heterocycles. The monoisotopic (exact) mass is 678 g/mol. The Morgan fingerprint density at radius 2 is 1.73 bits per heavy atom. The first-order valence-corrected chi connectivity index (χ1v) is 17.6. The zero-order chi connectivity index (χ0) is 35.5. The first kappa shape index (κ1) is 36.2. The van der Waals surface area contributed by atoms with Gasteiger partial charge in [0.2, 0.25) is 5.95 Å². The highest BCUT2D eigenvalue weighted by molar-refractivity contribution is 5.99. The highest BCUT2D eigenvalue weighted by Crippen LogP contribution is 2.32. The Hall–Kier alpha value is -4.13. The van der Waals surface area contributed by atoms with Crippen molar-refractivity contribution in [3.05, 3.63) is 46.0 Å². The number of ether oxygens (including phenoxy) is 1. The second kappa shape index (κ2) is 14.8. The van der Waals surface area contributed by atoms with Crippen molar-refractivity contribution in [2.24, 2.45) is 0 Å². The number of halogens is 1. The van der Waals surface area contributed by atoms with E-state index in [9.17, 15) is 14.4 Å². The Morgan fingerprint density at radius 1 is 1.04 bits per heavy atom. The number of nitrogens with one attached hydrogen (secondary N) is 1. The number of hydrogen-bond acceptors (Lipinski definition) is 10. The van der Waals surface area contributed by atoms with E-state index in [1.54, 1.807) is 23.9 Å². The van der Waals surface area contributed by atoms with Crippen molar-refractivity contribution >= 4 is 40.4 Å². The van der Waals surface area contributed by atoms with Crippen LogP contribution in [0.15, 0.2) is 29.3 Å². The summed E-state index contributed by atoms with van der Waals surface area (Å²) >= 11 is 0. The first-order chi connectivity index (χ1) is 23.3. The summed E-state index contributed by atoms with van der Waals surface area (Å²) in [6.07, 6.45) is 7.15. The molecule has 1 atom stereocenters. The number of fused-ring (bicyclic) bond motifs is 1. The van der Waals surface area contributed by atoms with E-state index in [0.717, 1.165) is 44.5 Å². The number of likely N-dealkylation sites (tertiary alicyclic amines) is 1. The fourth-order valence-electron chi connectivity index (χ4n) is 7.08. The van der Waals surface area contributed by atoms with Gasteiger partial charge in [-0.15, -0.1) is 0 Å². The number of aryl methyl sites for hydroxylation is 1. The predicted molar refractivity (Wildman–Crippen MR) is 190 cm³/mol. The summed E-state index contributed by atoms with van der Waals surface area (Å²) in [5.41, 5.74) is -0.0309. The van der Waals surface area contributed by atoms with E-state index in [-0.39, 0.29) is 36.0 Å². The lowest BCUT2D eigenvalue weighted by molar-refractivity contribution is 0.0235. The van der Waals surface area contributed by atoms with Crippen LogP contribution < -0.4 is 15.8 Å². The molecule has 0 radical (unpaired) electrons. The maximum absolute atomic E-state index is 15.7. The minimum absolute atomic E-state index is 0.00450. The number of anilines is 3. The van der Waals surface area contributed by atoms with Gasteiger partial charge in [-0.25, -0.2) is 19.2 Å². The summed E-state index contributed by atoms with van der Waals surface area (Å²) in [6, 6.07) is 3.85. The number of pyridine rings is 2. The minimum Gasteiger partial charge on any atom is -0.444 e. The van der Waals surface area contributed by atoms with E-state index < -0.39 is 17.4 Å². The lowest BCUT2D eigenvalue weighted by Crippen LogP contribution is -2.51. The zero-order valence-corrected chi connectivity index (χ0v) is 30.0. The molecule has 0 spiro atoms. The summed E-state index contributed by atoms with van der Waals surface area (Å²) in [5, 5.41) is 3.87. The van der Waals surface area contributed by atoms with Crippen LogP contribution in [0.1, 0.15) is 95.6 Å². The van der Waals surface area contributed by atoms with Crippen LogP contribution in [0.3, 0.4) is 0 Å². The number of ketones is 1. The Bertz CT molecular complexity index is 1710. The third-order valence-corrected chi connectivity index (χ3v) is 9.44.